The first kappa shape index (κ1) is 22.1. The van der Waals surface area contributed by atoms with Gasteiger partial charge in [0.2, 0.25) is 0 Å². The van der Waals surface area contributed by atoms with E-state index in [4.69, 9.17) is 0 Å². The fraction of sp³-hybridized carbons (Fsp3) is 0.171. The Bertz CT molecular complexity index is 1760. The molecule has 0 spiro atoms. The van der Waals surface area contributed by atoms with E-state index in [1.807, 2.05) is 6.07 Å². The van der Waals surface area contributed by atoms with Gasteiger partial charge in [0, 0.05) is 22.1 Å². The summed E-state index contributed by atoms with van der Waals surface area (Å²) < 4.78 is 0. The van der Waals surface area contributed by atoms with Gasteiger partial charge in [0.15, 0.2) is 0 Å². The van der Waals surface area contributed by atoms with Crippen LogP contribution in [0.2, 0.25) is 0 Å². The molecule has 0 radical (unpaired) electrons. The predicted molar refractivity (Wildman–Crippen MR) is 154 cm³/mol. The molecular formula is C35H29NO. The monoisotopic (exact) mass is 479 g/mol. The van der Waals surface area contributed by atoms with E-state index in [0.29, 0.717) is 0 Å². The largest absolute Gasteiger partial charge is 0.310 e. The number of carbonyl (C=O) groups excluding carboxylic acids is 1. The van der Waals surface area contributed by atoms with Crippen LogP contribution in [-0.2, 0) is 10.8 Å². The van der Waals surface area contributed by atoms with E-state index in [9.17, 15) is 4.79 Å². The summed E-state index contributed by atoms with van der Waals surface area (Å²) in [7, 11) is 0. The molecule has 1 heterocycles. The van der Waals surface area contributed by atoms with Crippen molar-refractivity contribution in [3.63, 3.8) is 0 Å². The topological polar surface area (TPSA) is 20.3 Å². The van der Waals surface area contributed by atoms with Crippen molar-refractivity contribution in [2.75, 3.05) is 4.90 Å². The van der Waals surface area contributed by atoms with Crippen molar-refractivity contribution < 1.29 is 4.79 Å². The molecule has 5 aromatic carbocycles. The number of para-hydroxylation sites is 1. The standard InChI is InChI=1S/C35H29NO/c1-34(2)28-11-7-8-12-32(28)36(25-15-14-23-9-5-6-10-24(23)18-25)33-20-30-27(19-31(33)34)26-16-13-22(21-37)17-29(26)35(30,3)4/h5-21H,1-4H3. The van der Waals surface area contributed by atoms with Crippen LogP contribution >= 0.6 is 0 Å². The highest BCUT2D eigenvalue weighted by molar-refractivity contribution is 5.95. The van der Waals surface area contributed by atoms with Crippen LogP contribution in [-0.4, -0.2) is 6.29 Å². The van der Waals surface area contributed by atoms with Crippen LogP contribution in [0.5, 0.6) is 0 Å². The summed E-state index contributed by atoms with van der Waals surface area (Å²) in [5.41, 5.74) is 11.7. The first-order valence-corrected chi connectivity index (χ1v) is 13.0. The molecule has 0 N–H and O–H groups in total. The molecule has 0 saturated heterocycles. The molecule has 1 aliphatic carbocycles. The number of anilines is 3. The summed E-state index contributed by atoms with van der Waals surface area (Å²) in [5.74, 6) is 0. The number of aldehydes is 1. The van der Waals surface area contributed by atoms with Gasteiger partial charge < -0.3 is 4.90 Å². The third kappa shape index (κ3) is 2.96. The Hall–Kier alpha value is -4.17. The Labute approximate surface area is 218 Å². The molecule has 0 unspecified atom stereocenters. The normalized spacial score (nSPS) is 16.1. The fourth-order valence-electron chi connectivity index (χ4n) is 6.61. The lowest BCUT2D eigenvalue weighted by Gasteiger charge is -2.43. The number of fused-ring (bicyclic) bond motifs is 6. The molecule has 2 nitrogen and oxygen atoms in total. The summed E-state index contributed by atoms with van der Waals surface area (Å²) >= 11 is 0. The number of hydrogen-bond acceptors (Lipinski definition) is 2. The molecule has 0 aromatic heterocycles. The highest BCUT2D eigenvalue weighted by atomic mass is 16.1. The van der Waals surface area contributed by atoms with E-state index in [1.54, 1.807) is 0 Å². The Kier molecular flexibility index (Phi) is 4.43. The molecule has 180 valence electrons. The molecule has 1 aliphatic heterocycles. The minimum atomic E-state index is -0.200. The fourth-order valence-corrected chi connectivity index (χ4v) is 6.61. The van der Waals surface area contributed by atoms with Crippen LogP contribution in [0.15, 0.2) is 97.1 Å². The van der Waals surface area contributed by atoms with E-state index in [2.05, 4.69) is 124 Å². The summed E-state index contributed by atoms with van der Waals surface area (Å²) in [6.07, 6.45) is 0.950. The maximum Gasteiger partial charge on any atom is 0.150 e. The van der Waals surface area contributed by atoms with Crippen LogP contribution < -0.4 is 4.90 Å². The molecular weight excluding hydrogens is 450 g/mol. The lowest BCUT2D eigenvalue weighted by molar-refractivity contribution is 0.112. The van der Waals surface area contributed by atoms with Gasteiger partial charge in [-0.15, -0.1) is 0 Å². The minimum Gasteiger partial charge on any atom is -0.310 e. The van der Waals surface area contributed by atoms with E-state index in [1.165, 1.54) is 61.2 Å². The number of nitrogens with zero attached hydrogens (tertiary/aromatic N) is 1. The zero-order valence-corrected chi connectivity index (χ0v) is 21.7. The second kappa shape index (κ2) is 7.43. The molecule has 37 heavy (non-hydrogen) atoms. The molecule has 0 bridgehead atoms. The number of hydrogen-bond donors (Lipinski definition) is 0. The summed E-state index contributed by atoms with van der Waals surface area (Å²) in [5, 5.41) is 2.48. The molecule has 0 atom stereocenters. The Morgan fingerprint density at radius 1 is 0.568 bits per heavy atom. The van der Waals surface area contributed by atoms with Crippen LogP contribution in [0.1, 0.15) is 60.3 Å². The van der Waals surface area contributed by atoms with Gasteiger partial charge in [0.25, 0.3) is 0 Å². The van der Waals surface area contributed by atoms with Crippen molar-refractivity contribution in [1.82, 2.24) is 0 Å². The van der Waals surface area contributed by atoms with E-state index < -0.39 is 0 Å². The van der Waals surface area contributed by atoms with Crippen LogP contribution in [0, 0.1) is 0 Å². The number of benzene rings is 5. The van der Waals surface area contributed by atoms with Gasteiger partial charge in [0.05, 0.1) is 11.4 Å². The second-order valence-corrected chi connectivity index (χ2v) is 11.5. The van der Waals surface area contributed by atoms with Crippen LogP contribution in [0.3, 0.4) is 0 Å². The van der Waals surface area contributed by atoms with E-state index >= 15 is 0 Å². The zero-order chi connectivity index (χ0) is 25.5. The summed E-state index contributed by atoms with van der Waals surface area (Å²) in [4.78, 5) is 14.0. The molecule has 2 heteroatoms. The molecule has 7 rings (SSSR count). The highest BCUT2D eigenvalue weighted by Crippen LogP contribution is 2.57. The quantitative estimate of drug-likeness (QED) is 0.235. The lowest BCUT2D eigenvalue weighted by atomic mass is 9.71. The first-order chi connectivity index (χ1) is 17.8. The van der Waals surface area contributed by atoms with Gasteiger partial charge in [0.1, 0.15) is 6.29 Å². The average Bonchev–Trinajstić information content (AvgIpc) is 3.13. The van der Waals surface area contributed by atoms with Gasteiger partial charge >= 0.3 is 0 Å². The summed E-state index contributed by atoms with van der Waals surface area (Å²) in [6, 6.07) is 35.1. The lowest BCUT2D eigenvalue weighted by Crippen LogP contribution is -2.31. The van der Waals surface area contributed by atoms with Crippen molar-refractivity contribution in [2.24, 2.45) is 0 Å². The van der Waals surface area contributed by atoms with Crippen molar-refractivity contribution in [2.45, 2.75) is 38.5 Å². The third-order valence-electron chi connectivity index (χ3n) is 8.68. The van der Waals surface area contributed by atoms with Gasteiger partial charge in [-0.1, -0.05) is 88.4 Å². The van der Waals surface area contributed by atoms with Crippen molar-refractivity contribution in [1.29, 1.82) is 0 Å². The highest BCUT2D eigenvalue weighted by Gasteiger charge is 2.42. The zero-order valence-electron chi connectivity index (χ0n) is 21.7. The molecule has 0 amide bonds. The first-order valence-electron chi connectivity index (χ1n) is 13.0. The predicted octanol–water partition coefficient (Wildman–Crippen LogP) is 9.07. The van der Waals surface area contributed by atoms with Crippen molar-refractivity contribution in [3.8, 4) is 11.1 Å². The summed E-state index contributed by atoms with van der Waals surface area (Å²) in [6.45, 7) is 9.23. The van der Waals surface area contributed by atoms with Crippen molar-refractivity contribution >= 4 is 34.1 Å². The number of carbonyl (C=O) groups is 1. The van der Waals surface area contributed by atoms with Gasteiger partial charge in [-0.2, -0.15) is 0 Å². The van der Waals surface area contributed by atoms with Crippen LogP contribution in [0.4, 0.5) is 17.1 Å². The Morgan fingerprint density at radius 2 is 1.27 bits per heavy atom. The van der Waals surface area contributed by atoms with Gasteiger partial charge in [-0.25, -0.2) is 0 Å². The maximum atomic E-state index is 11.6. The second-order valence-electron chi connectivity index (χ2n) is 11.5. The third-order valence-corrected chi connectivity index (χ3v) is 8.68. The molecule has 0 saturated carbocycles. The van der Waals surface area contributed by atoms with Gasteiger partial charge in [-0.05, 0) is 80.6 Å². The van der Waals surface area contributed by atoms with E-state index in [-0.39, 0.29) is 10.8 Å². The SMILES string of the molecule is CC1(C)c2cc(C=O)ccc2-c2cc3c(cc21)N(c1ccc2ccccc2c1)c1ccccc1C3(C)C. The Morgan fingerprint density at radius 3 is 2.08 bits per heavy atom. The van der Waals surface area contributed by atoms with Gasteiger partial charge in [-0.3, -0.25) is 4.79 Å². The van der Waals surface area contributed by atoms with Crippen molar-refractivity contribution in [3.05, 3.63) is 125 Å². The number of rotatable bonds is 2. The smallest absolute Gasteiger partial charge is 0.150 e. The van der Waals surface area contributed by atoms with Crippen LogP contribution in [0.25, 0.3) is 21.9 Å². The van der Waals surface area contributed by atoms with E-state index in [0.717, 1.165) is 11.8 Å². The Balaban J connectivity index is 1.53. The molecule has 5 aromatic rings. The maximum absolute atomic E-state index is 11.6. The average molecular weight is 480 g/mol. The molecule has 2 aliphatic rings. The minimum absolute atomic E-state index is 0.163. The molecule has 0 fully saturated rings.